The molecular formula is C12H16F3N3OS. The van der Waals surface area contributed by atoms with Crippen LogP contribution in [0.1, 0.15) is 12.5 Å². The number of nitrogens with one attached hydrogen (secondary N) is 1. The van der Waals surface area contributed by atoms with Crippen LogP contribution >= 0.6 is 0 Å². The van der Waals surface area contributed by atoms with E-state index in [4.69, 9.17) is 5.73 Å². The fraction of sp³-hybridized carbons (Fsp3) is 0.500. The molecule has 112 valence electrons. The molecule has 3 N–H and O–H groups in total. The molecule has 0 amide bonds. The predicted molar refractivity (Wildman–Crippen MR) is 70.6 cm³/mol. The van der Waals surface area contributed by atoms with Gasteiger partial charge in [0.15, 0.2) is 0 Å². The Labute approximate surface area is 118 Å². The van der Waals surface area contributed by atoms with Crippen molar-refractivity contribution in [1.29, 1.82) is 0 Å². The summed E-state index contributed by atoms with van der Waals surface area (Å²) in [5.41, 5.74) is 5.01. The standard InChI is InChI=1S/C12H16F3N3OS/c1-11(16,9-4-2-3-5-10(9)13)7-18-8-12(14,15)6-17-20(18)19/h2-5,17H,6-8,16H2,1H3/t11-,20?/m0/s1. The van der Waals surface area contributed by atoms with Gasteiger partial charge in [0.05, 0.1) is 12.1 Å². The number of halogens is 3. The lowest BCUT2D eigenvalue weighted by atomic mass is 9.92. The van der Waals surface area contributed by atoms with E-state index in [1.54, 1.807) is 6.07 Å². The maximum atomic E-state index is 13.8. The Morgan fingerprint density at radius 2 is 2.15 bits per heavy atom. The van der Waals surface area contributed by atoms with Gasteiger partial charge in [-0.05, 0) is 13.0 Å². The maximum Gasteiger partial charge on any atom is 0.281 e. The molecule has 0 aromatic heterocycles. The van der Waals surface area contributed by atoms with Gasteiger partial charge in [0.1, 0.15) is 30.5 Å². The van der Waals surface area contributed by atoms with Crippen LogP contribution in [0.2, 0.25) is 0 Å². The first-order valence-corrected chi connectivity index (χ1v) is 7.14. The first-order valence-electron chi connectivity index (χ1n) is 6.03. The molecule has 0 bridgehead atoms. The van der Waals surface area contributed by atoms with Crippen molar-refractivity contribution in [2.75, 3.05) is 19.6 Å². The molecule has 2 atom stereocenters. The van der Waals surface area contributed by atoms with Crippen LogP contribution in [0, 0.1) is 5.82 Å². The maximum absolute atomic E-state index is 13.8. The van der Waals surface area contributed by atoms with Gasteiger partial charge >= 0.3 is 0 Å². The highest BCUT2D eigenvalue weighted by atomic mass is 32.2. The smallest absolute Gasteiger partial charge is 0.281 e. The largest absolute Gasteiger partial charge is 0.579 e. The van der Waals surface area contributed by atoms with Crippen LogP contribution < -0.4 is 10.5 Å². The van der Waals surface area contributed by atoms with Gasteiger partial charge in [0.2, 0.25) is 0 Å². The van der Waals surface area contributed by atoms with Crippen LogP contribution in [0.5, 0.6) is 0 Å². The third-order valence-electron chi connectivity index (χ3n) is 3.09. The van der Waals surface area contributed by atoms with E-state index in [0.717, 1.165) is 4.31 Å². The zero-order chi connectivity index (χ0) is 15.0. The van der Waals surface area contributed by atoms with Crippen molar-refractivity contribution in [2.24, 2.45) is 5.73 Å². The molecule has 4 nitrogen and oxygen atoms in total. The molecule has 1 aromatic carbocycles. The zero-order valence-corrected chi connectivity index (χ0v) is 11.7. The molecule has 8 heteroatoms. The monoisotopic (exact) mass is 307 g/mol. The van der Waals surface area contributed by atoms with Crippen molar-refractivity contribution in [3.05, 3.63) is 35.6 Å². The van der Waals surface area contributed by atoms with Crippen LogP contribution in [-0.2, 0) is 17.1 Å². The van der Waals surface area contributed by atoms with Crippen molar-refractivity contribution in [2.45, 2.75) is 18.4 Å². The van der Waals surface area contributed by atoms with Crippen molar-refractivity contribution in [1.82, 2.24) is 9.03 Å². The summed E-state index contributed by atoms with van der Waals surface area (Å²) in [6, 6.07) is 5.88. The van der Waals surface area contributed by atoms with Gasteiger partial charge in [-0.1, -0.05) is 18.2 Å². The van der Waals surface area contributed by atoms with E-state index in [-0.39, 0.29) is 12.1 Å². The van der Waals surface area contributed by atoms with Crippen molar-refractivity contribution in [3.63, 3.8) is 0 Å². The van der Waals surface area contributed by atoms with Gasteiger partial charge in [-0.15, -0.1) is 9.03 Å². The molecular weight excluding hydrogens is 291 g/mol. The van der Waals surface area contributed by atoms with Gasteiger partial charge in [-0.25, -0.2) is 13.2 Å². The number of benzene rings is 1. The molecule has 1 aromatic rings. The molecule has 1 heterocycles. The van der Waals surface area contributed by atoms with Crippen molar-refractivity contribution < 1.29 is 17.7 Å². The second-order valence-corrected chi connectivity index (χ2v) is 6.42. The fourth-order valence-electron chi connectivity index (χ4n) is 2.12. The summed E-state index contributed by atoms with van der Waals surface area (Å²) in [6.07, 6.45) is 0. The summed E-state index contributed by atoms with van der Waals surface area (Å²) in [4.78, 5) is 0. The predicted octanol–water partition coefficient (Wildman–Crippen LogP) is 1.12. The van der Waals surface area contributed by atoms with E-state index >= 15 is 0 Å². The minimum Gasteiger partial charge on any atom is -0.579 e. The van der Waals surface area contributed by atoms with Gasteiger partial charge in [-0.2, -0.15) is 0 Å². The van der Waals surface area contributed by atoms with E-state index in [1.807, 2.05) is 0 Å². The average Bonchev–Trinajstić information content (AvgIpc) is 2.33. The van der Waals surface area contributed by atoms with Crippen LogP contribution in [0.3, 0.4) is 0 Å². The highest BCUT2D eigenvalue weighted by Gasteiger charge is 2.45. The zero-order valence-electron chi connectivity index (χ0n) is 10.9. The molecule has 0 spiro atoms. The van der Waals surface area contributed by atoms with E-state index in [0.29, 0.717) is 0 Å². The summed E-state index contributed by atoms with van der Waals surface area (Å²) < 4.78 is 55.4. The molecule has 1 fully saturated rings. The summed E-state index contributed by atoms with van der Waals surface area (Å²) >= 11 is -1.75. The van der Waals surface area contributed by atoms with Gasteiger partial charge < -0.3 is 10.3 Å². The SMILES string of the molecule is C[C@](N)(CN1CC(F)(F)CN[S+]1[O-])c1ccccc1F. The lowest BCUT2D eigenvalue weighted by molar-refractivity contribution is -0.0210. The molecule has 1 aliphatic heterocycles. The Morgan fingerprint density at radius 1 is 1.50 bits per heavy atom. The molecule has 20 heavy (non-hydrogen) atoms. The third-order valence-corrected chi connectivity index (χ3v) is 4.21. The summed E-state index contributed by atoms with van der Waals surface area (Å²) in [5.74, 6) is -3.50. The van der Waals surface area contributed by atoms with Crippen LogP contribution in [0.4, 0.5) is 13.2 Å². The van der Waals surface area contributed by atoms with Crippen LogP contribution in [0.25, 0.3) is 0 Å². The van der Waals surface area contributed by atoms with E-state index in [2.05, 4.69) is 4.72 Å². The third kappa shape index (κ3) is 3.44. The quantitative estimate of drug-likeness (QED) is 0.822. The number of nitrogens with two attached hydrogens (primary N) is 1. The Balaban J connectivity index is 2.17. The minimum absolute atomic E-state index is 0.150. The van der Waals surface area contributed by atoms with Crippen LogP contribution in [-0.4, -0.2) is 34.4 Å². The van der Waals surface area contributed by atoms with Crippen molar-refractivity contribution in [3.8, 4) is 0 Å². The second-order valence-electron chi connectivity index (χ2n) is 5.12. The number of rotatable bonds is 3. The van der Waals surface area contributed by atoms with E-state index in [1.165, 1.54) is 25.1 Å². The number of nitrogens with zero attached hydrogens (tertiary/aromatic N) is 1. The topological polar surface area (TPSA) is 64.3 Å². The molecule has 1 saturated heterocycles. The molecule has 0 saturated carbocycles. The number of hydrogen-bond donors (Lipinski definition) is 2. The minimum atomic E-state index is -2.99. The Morgan fingerprint density at radius 3 is 2.80 bits per heavy atom. The molecule has 2 rings (SSSR count). The van der Waals surface area contributed by atoms with Gasteiger partial charge in [0.25, 0.3) is 5.92 Å². The molecule has 0 radical (unpaired) electrons. The Bertz CT molecular complexity index is 487. The number of alkyl halides is 2. The Hall–Kier alpha value is -0.800. The Kier molecular flexibility index (Phi) is 4.31. The van der Waals surface area contributed by atoms with E-state index < -0.39 is 41.9 Å². The molecule has 0 aliphatic carbocycles. The van der Waals surface area contributed by atoms with Crippen molar-refractivity contribution >= 4 is 11.5 Å². The normalized spacial score (nSPS) is 26.2. The van der Waals surface area contributed by atoms with Crippen LogP contribution in [0.15, 0.2) is 24.3 Å². The number of hydrogen-bond acceptors (Lipinski definition) is 4. The summed E-state index contributed by atoms with van der Waals surface area (Å²) in [5, 5.41) is 0. The lowest BCUT2D eigenvalue weighted by Gasteiger charge is -2.37. The first kappa shape index (κ1) is 15.6. The first-order chi connectivity index (χ1) is 9.21. The summed E-state index contributed by atoms with van der Waals surface area (Å²) in [6.45, 7) is 0.0590. The van der Waals surface area contributed by atoms with Gasteiger partial charge in [0, 0.05) is 5.56 Å². The fourth-order valence-corrected chi connectivity index (χ4v) is 3.33. The second kappa shape index (κ2) is 5.53. The average molecular weight is 307 g/mol. The highest BCUT2D eigenvalue weighted by molar-refractivity contribution is 7.87. The lowest BCUT2D eigenvalue weighted by Crippen LogP contribution is -2.60. The summed E-state index contributed by atoms with van der Waals surface area (Å²) in [7, 11) is 0. The highest BCUT2D eigenvalue weighted by Crippen LogP contribution is 2.27. The van der Waals surface area contributed by atoms with Gasteiger partial charge in [-0.3, -0.25) is 0 Å². The molecule has 1 aliphatic rings. The van der Waals surface area contributed by atoms with E-state index in [9.17, 15) is 17.7 Å². The molecule has 1 unspecified atom stereocenters.